The minimum atomic E-state index is -0.842. The Morgan fingerprint density at radius 3 is 2.76 bits per heavy atom. The van der Waals surface area contributed by atoms with Crippen LogP contribution in [0.4, 0.5) is 4.79 Å². The van der Waals surface area contributed by atoms with E-state index in [1.54, 1.807) is 4.90 Å². The third-order valence-electron chi connectivity index (χ3n) is 3.01. The molecule has 118 valence electrons. The number of hydrogen-bond acceptors (Lipinski definition) is 4. The second kappa shape index (κ2) is 8.93. The number of aryl methyl sites for hydroxylation is 1. The molecule has 0 bridgehead atoms. The molecule has 1 heterocycles. The van der Waals surface area contributed by atoms with Crippen molar-refractivity contribution in [3.63, 3.8) is 0 Å². The normalized spacial score (nSPS) is 10.6. The summed E-state index contributed by atoms with van der Waals surface area (Å²) in [6.45, 7) is 4.81. The lowest BCUT2D eigenvalue weighted by Gasteiger charge is -2.26. The number of carbonyl (C=O) groups is 2. The van der Waals surface area contributed by atoms with E-state index in [0.29, 0.717) is 19.5 Å². The molecule has 0 radical (unpaired) electrons. The maximum absolute atomic E-state index is 12.1. The first-order valence-corrected chi connectivity index (χ1v) is 7.11. The van der Waals surface area contributed by atoms with E-state index in [-0.39, 0.29) is 18.5 Å². The number of urea groups is 1. The highest BCUT2D eigenvalue weighted by Crippen LogP contribution is 2.03. The molecule has 0 saturated heterocycles. The van der Waals surface area contributed by atoms with Crippen LogP contribution in [0.1, 0.15) is 38.9 Å². The second-order valence-electron chi connectivity index (χ2n) is 5.05. The number of carboxylic acid groups (broad SMARTS) is 1. The van der Waals surface area contributed by atoms with Gasteiger partial charge in [0.15, 0.2) is 0 Å². The molecule has 1 rings (SSSR count). The van der Waals surface area contributed by atoms with Crippen molar-refractivity contribution in [1.82, 2.24) is 25.4 Å². The molecule has 8 nitrogen and oxygen atoms in total. The van der Waals surface area contributed by atoms with Crippen LogP contribution in [-0.4, -0.2) is 56.3 Å². The zero-order valence-electron chi connectivity index (χ0n) is 12.5. The van der Waals surface area contributed by atoms with Crippen LogP contribution in [0.15, 0.2) is 6.33 Å². The Hall–Kier alpha value is -2.12. The summed E-state index contributed by atoms with van der Waals surface area (Å²) in [7, 11) is 0. The molecule has 0 aliphatic heterocycles. The van der Waals surface area contributed by atoms with Crippen LogP contribution in [0.2, 0.25) is 0 Å². The van der Waals surface area contributed by atoms with Crippen LogP contribution >= 0.6 is 0 Å². The lowest BCUT2D eigenvalue weighted by molar-refractivity contribution is -0.137. The Balaban J connectivity index is 2.26. The molecule has 3 N–H and O–H groups in total. The molecule has 0 spiro atoms. The number of carbonyl (C=O) groups excluding carboxylic acids is 1. The maximum atomic E-state index is 12.1. The first-order chi connectivity index (χ1) is 10.0. The summed E-state index contributed by atoms with van der Waals surface area (Å²) in [4.78, 5) is 28.2. The minimum absolute atomic E-state index is 0.0352. The molecule has 0 aliphatic rings. The zero-order valence-corrected chi connectivity index (χ0v) is 12.5. The van der Waals surface area contributed by atoms with E-state index in [1.807, 2.05) is 13.8 Å². The van der Waals surface area contributed by atoms with E-state index < -0.39 is 5.97 Å². The number of amides is 2. The predicted molar refractivity (Wildman–Crippen MR) is 76.8 cm³/mol. The van der Waals surface area contributed by atoms with Gasteiger partial charge >= 0.3 is 12.0 Å². The molecule has 1 aromatic heterocycles. The second-order valence-corrected chi connectivity index (χ2v) is 5.05. The van der Waals surface area contributed by atoms with Gasteiger partial charge < -0.3 is 15.3 Å². The molecule has 21 heavy (non-hydrogen) atoms. The van der Waals surface area contributed by atoms with E-state index >= 15 is 0 Å². The van der Waals surface area contributed by atoms with Gasteiger partial charge in [-0.3, -0.25) is 9.89 Å². The highest BCUT2D eigenvalue weighted by atomic mass is 16.4. The molecule has 2 amide bonds. The van der Waals surface area contributed by atoms with Gasteiger partial charge in [0.2, 0.25) is 0 Å². The van der Waals surface area contributed by atoms with E-state index in [9.17, 15) is 9.59 Å². The summed E-state index contributed by atoms with van der Waals surface area (Å²) in [5, 5.41) is 18.0. The van der Waals surface area contributed by atoms with Gasteiger partial charge in [-0.05, 0) is 26.7 Å². The van der Waals surface area contributed by atoms with Crippen molar-refractivity contribution in [2.45, 2.75) is 45.6 Å². The number of nitrogens with one attached hydrogen (secondary N) is 2. The van der Waals surface area contributed by atoms with Gasteiger partial charge in [0, 0.05) is 32.0 Å². The Labute approximate surface area is 123 Å². The van der Waals surface area contributed by atoms with Crippen molar-refractivity contribution in [3.8, 4) is 0 Å². The van der Waals surface area contributed by atoms with E-state index in [1.165, 1.54) is 6.33 Å². The third kappa shape index (κ3) is 6.73. The topological polar surface area (TPSA) is 111 Å². The summed E-state index contributed by atoms with van der Waals surface area (Å²) in [5.41, 5.74) is 0. The van der Waals surface area contributed by atoms with Crippen molar-refractivity contribution in [3.05, 3.63) is 12.2 Å². The van der Waals surface area contributed by atoms with Crippen LogP contribution in [0.3, 0.4) is 0 Å². The minimum Gasteiger partial charge on any atom is -0.481 e. The fourth-order valence-electron chi connectivity index (χ4n) is 1.90. The Morgan fingerprint density at radius 2 is 2.19 bits per heavy atom. The number of carboxylic acids is 1. The van der Waals surface area contributed by atoms with Crippen molar-refractivity contribution in [2.24, 2.45) is 0 Å². The molecule has 0 aliphatic carbocycles. The number of aromatic amines is 1. The summed E-state index contributed by atoms with van der Waals surface area (Å²) in [6.07, 6.45) is 3.47. The number of H-pyrrole nitrogens is 1. The van der Waals surface area contributed by atoms with Crippen LogP contribution in [0.5, 0.6) is 0 Å². The van der Waals surface area contributed by atoms with E-state index in [4.69, 9.17) is 5.11 Å². The molecule has 0 aromatic carbocycles. The molecule has 8 heteroatoms. The molecule has 1 aromatic rings. The fourth-order valence-corrected chi connectivity index (χ4v) is 1.90. The van der Waals surface area contributed by atoms with Crippen LogP contribution in [0.25, 0.3) is 0 Å². The van der Waals surface area contributed by atoms with Crippen LogP contribution in [0, 0.1) is 0 Å². The van der Waals surface area contributed by atoms with Gasteiger partial charge in [-0.1, -0.05) is 0 Å². The summed E-state index contributed by atoms with van der Waals surface area (Å²) >= 11 is 0. The van der Waals surface area contributed by atoms with E-state index in [2.05, 4.69) is 20.5 Å². The molecule has 0 fully saturated rings. The standard InChI is InChI=1S/C13H23N5O3/c1-10(2)18(8-4-6-12(19)20)13(21)14-7-3-5-11-15-9-16-17-11/h9-10H,3-8H2,1-2H3,(H,14,21)(H,19,20)(H,15,16,17). The van der Waals surface area contributed by atoms with Gasteiger partial charge in [0.05, 0.1) is 0 Å². The quantitative estimate of drug-likeness (QED) is 0.589. The van der Waals surface area contributed by atoms with Crippen molar-refractivity contribution in [1.29, 1.82) is 0 Å². The van der Waals surface area contributed by atoms with Crippen LogP contribution in [-0.2, 0) is 11.2 Å². The van der Waals surface area contributed by atoms with E-state index in [0.717, 1.165) is 18.7 Å². The van der Waals surface area contributed by atoms with Crippen molar-refractivity contribution >= 4 is 12.0 Å². The van der Waals surface area contributed by atoms with Gasteiger partial charge in [0.25, 0.3) is 0 Å². The average molecular weight is 297 g/mol. The van der Waals surface area contributed by atoms with Crippen LogP contribution < -0.4 is 5.32 Å². The SMILES string of the molecule is CC(C)N(CCCC(=O)O)C(=O)NCCCc1ncn[nH]1. The smallest absolute Gasteiger partial charge is 0.317 e. The lowest BCUT2D eigenvalue weighted by Crippen LogP contribution is -2.44. The molecule has 0 saturated carbocycles. The third-order valence-corrected chi connectivity index (χ3v) is 3.01. The largest absolute Gasteiger partial charge is 0.481 e. The van der Waals surface area contributed by atoms with Crippen molar-refractivity contribution < 1.29 is 14.7 Å². The molecule has 0 atom stereocenters. The van der Waals surface area contributed by atoms with Gasteiger partial charge in [0.1, 0.15) is 12.2 Å². The summed E-state index contributed by atoms with van der Waals surface area (Å²) < 4.78 is 0. The Kier molecular flexibility index (Phi) is 7.20. The molecular weight excluding hydrogens is 274 g/mol. The number of aromatic nitrogens is 3. The first-order valence-electron chi connectivity index (χ1n) is 7.11. The number of rotatable bonds is 9. The number of hydrogen-bond donors (Lipinski definition) is 3. The average Bonchev–Trinajstić information content (AvgIpc) is 2.92. The number of aliphatic carboxylic acids is 1. The van der Waals surface area contributed by atoms with Gasteiger partial charge in [-0.25, -0.2) is 9.78 Å². The predicted octanol–water partition coefficient (Wildman–Crippen LogP) is 1.02. The Bertz CT molecular complexity index is 433. The highest BCUT2D eigenvalue weighted by molar-refractivity contribution is 5.74. The molecular formula is C13H23N5O3. The summed E-state index contributed by atoms with van der Waals surface area (Å²) in [5.74, 6) is -0.0439. The highest BCUT2D eigenvalue weighted by Gasteiger charge is 2.16. The Morgan fingerprint density at radius 1 is 1.43 bits per heavy atom. The lowest BCUT2D eigenvalue weighted by atomic mass is 10.2. The fraction of sp³-hybridized carbons (Fsp3) is 0.692. The zero-order chi connectivity index (χ0) is 15.7. The monoisotopic (exact) mass is 297 g/mol. The molecule has 0 unspecified atom stereocenters. The van der Waals surface area contributed by atoms with Gasteiger partial charge in [-0.2, -0.15) is 5.10 Å². The van der Waals surface area contributed by atoms with Crippen molar-refractivity contribution in [2.75, 3.05) is 13.1 Å². The first kappa shape index (κ1) is 16.9. The van der Waals surface area contributed by atoms with Gasteiger partial charge in [-0.15, -0.1) is 0 Å². The maximum Gasteiger partial charge on any atom is 0.317 e. The summed E-state index contributed by atoms with van der Waals surface area (Å²) in [6, 6.07) is -0.124. The number of nitrogens with zero attached hydrogens (tertiary/aromatic N) is 3.